The maximum absolute atomic E-state index is 5.60. The zero-order valence-electron chi connectivity index (χ0n) is 16.7. The highest BCUT2D eigenvalue weighted by Crippen LogP contribution is 2.35. The van der Waals surface area contributed by atoms with Gasteiger partial charge in [-0.15, -0.1) is 0 Å². The van der Waals surface area contributed by atoms with Crippen molar-refractivity contribution >= 4 is 0 Å². The van der Waals surface area contributed by atoms with Crippen LogP contribution in [0.3, 0.4) is 0 Å². The summed E-state index contributed by atoms with van der Waals surface area (Å²) in [5, 5.41) is 7.21. The number of para-hydroxylation sites is 1. The standard InChI is InChI=1S/C22H31N3O2.H2/c1-16-10-17(11-20(24-16)25-9-5-8-22(2,3)14-25)12-23-13-18-6-4-7-19-21(18)27-15-26-19;/h4,6-7,10-11,16,23-24H,5,8-9,12-15H2,1-3H3;1H. The van der Waals surface area contributed by atoms with Gasteiger partial charge in [0.15, 0.2) is 11.5 Å². The number of dihydropyridines is 1. The van der Waals surface area contributed by atoms with E-state index in [9.17, 15) is 0 Å². The number of rotatable bonds is 5. The minimum absolute atomic E-state index is 0. The molecule has 1 aromatic carbocycles. The first-order valence-corrected chi connectivity index (χ1v) is 10.0. The van der Waals surface area contributed by atoms with Crippen LogP contribution in [0.4, 0.5) is 0 Å². The molecule has 2 N–H and O–H groups in total. The van der Waals surface area contributed by atoms with E-state index in [1.807, 2.05) is 12.1 Å². The molecule has 3 aliphatic rings. The highest BCUT2D eigenvalue weighted by atomic mass is 16.7. The third-order valence-corrected chi connectivity index (χ3v) is 5.53. The highest BCUT2D eigenvalue weighted by Gasteiger charge is 2.28. The fourth-order valence-corrected chi connectivity index (χ4v) is 4.25. The molecular formula is C22H33N3O2. The van der Waals surface area contributed by atoms with Crippen molar-refractivity contribution in [2.45, 2.75) is 46.2 Å². The fourth-order valence-electron chi connectivity index (χ4n) is 4.25. The van der Waals surface area contributed by atoms with Gasteiger partial charge >= 0.3 is 0 Å². The number of hydrogen-bond acceptors (Lipinski definition) is 5. The van der Waals surface area contributed by atoms with E-state index in [1.54, 1.807) is 0 Å². The summed E-state index contributed by atoms with van der Waals surface area (Å²) in [6.45, 7) is 11.2. The van der Waals surface area contributed by atoms with Crippen molar-refractivity contribution in [1.82, 2.24) is 15.5 Å². The molecule has 1 atom stereocenters. The molecule has 0 aliphatic carbocycles. The van der Waals surface area contributed by atoms with E-state index < -0.39 is 0 Å². The second-order valence-electron chi connectivity index (χ2n) is 8.65. The number of ether oxygens (including phenoxy) is 2. The normalized spacial score (nSPS) is 23.5. The first-order chi connectivity index (χ1) is 13.0. The Kier molecular flexibility index (Phi) is 5.04. The van der Waals surface area contributed by atoms with Crippen LogP contribution in [0.1, 0.15) is 40.6 Å². The summed E-state index contributed by atoms with van der Waals surface area (Å²) < 4.78 is 11.1. The predicted octanol–water partition coefficient (Wildman–Crippen LogP) is 3.63. The first-order valence-electron chi connectivity index (χ1n) is 10.0. The molecule has 148 valence electrons. The number of hydrogen-bond donors (Lipinski definition) is 2. The zero-order valence-corrected chi connectivity index (χ0v) is 16.7. The molecule has 3 heterocycles. The lowest BCUT2D eigenvalue weighted by Crippen LogP contribution is -2.45. The third-order valence-electron chi connectivity index (χ3n) is 5.53. The highest BCUT2D eigenvalue weighted by molar-refractivity contribution is 5.48. The smallest absolute Gasteiger partial charge is 0.231 e. The van der Waals surface area contributed by atoms with Crippen LogP contribution in [-0.2, 0) is 6.54 Å². The Morgan fingerprint density at radius 1 is 1.30 bits per heavy atom. The number of likely N-dealkylation sites (tertiary alicyclic amines) is 1. The summed E-state index contributed by atoms with van der Waals surface area (Å²) in [7, 11) is 0. The van der Waals surface area contributed by atoms with Gasteiger partial charge in [0.1, 0.15) is 5.82 Å². The van der Waals surface area contributed by atoms with Gasteiger partial charge in [0, 0.05) is 39.2 Å². The van der Waals surface area contributed by atoms with E-state index in [4.69, 9.17) is 9.47 Å². The van der Waals surface area contributed by atoms with E-state index in [0.29, 0.717) is 18.2 Å². The topological polar surface area (TPSA) is 45.8 Å². The Labute approximate surface area is 163 Å². The van der Waals surface area contributed by atoms with Gasteiger partial charge in [-0.2, -0.15) is 0 Å². The molecule has 0 spiro atoms. The van der Waals surface area contributed by atoms with Crippen molar-refractivity contribution < 1.29 is 10.9 Å². The van der Waals surface area contributed by atoms with Crippen molar-refractivity contribution in [3.05, 3.63) is 47.3 Å². The van der Waals surface area contributed by atoms with Crippen LogP contribution in [0.2, 0.25) is 0 Å². The van der Waals surface area contributed by atoms with Crippen molar-refractivity contribution in [2.24, 2.45) is 5.41 Å². The van der Waals surface area contributed by atoms with Crippen molar-refractivity contribution in [2.75, 3.05) is 26.4 Å². The average molecular weight is 372 g/mol. The predicted molar refractivity (Wildman–Crippen MR) is 110 cm³/mol. The quantitative estimate of drug-likeness (QED) is 0.828. The Morgan fingerprint density at radius 2 is 2.19 bits per heavy atom. The Hall–Kier alpha value is -2.14. The third kappa shape index (κ3) is 4.24. The molecule has 1 saturated heterocycles. The van der Waals surface area contributed by atoms with Crippen LogP contribution >= 0.6 is 0 Å². The van der Waals surface area contributed by atoms with E-state index in [-0.39, 0.29) is 1.43 Å². The molecule has 3 aliphatic heterocycles. The molecule has 0 aromatic heterocycles. The van der Waals surface area contributed by atoms with Gasteiger partial charge in [-0.25, -0.2) is 0 Å². The van der Waals surface area contributed by atoms with E-state index in [0.717, 1.165) is 43.2 Å². The zero-order chi connectivity index (χ0) is 18.9. The summed E-state index contributed by atoms with van der Waals surface area (Å²) in [6, 6.07) is 6.42. The van der Waals surface area contributed by atoms with Crippen LogP contribution in [-0.4, -0.2) is 37.4 Å². The molecule has 5 nitrogen and oxygen atoms in total. The Bertz CT molecular complexity index is 760. The van der Waals surface area contributed by atoms with Crippen molar-refractivity contribution in [3.63, 3.8) is 0 Å². The second-order valence-corrected chi connectivity index (χ2v) is 8.65. The van der Waals surface area contributed by atoms with Crippen molar-refractivity contribution in [3.8, 4) is 11.5 Å². The number of benzene rings is 1. The molecule has 27 heavy (non-hydrogen) atoms. The van der Waals surface area contributed by atoms with E-state index in [2.05, 4.69) is 54.5 Å². The molecule has 0 amide bonds. The van der Waals surface area contributed by atoms with Gasteiger partial charge in [-0.1, -0.05) is 32.1 Å². The summed E-state index contributed by atoms with van der Waals surface area (Å²) in [5.74, 6) is 3.00. The lowest BCUT2D eigenvalue weighted by atomic mass is 9.84. The van der Waals surface area contributed by atoms with Crippen LogP contribution in [0.15, 0.2) is 41.7 Å². The van der Waals surface area contributed by atoms with Gasteiger partial charge in [0.05, 0.1) is 0 Å². The van der Waals surface area contributed by atoms with Crippen LogP contribution < -0.4 is 20.1 Å². The first kappa shape index (κ1) is 18.2. The van der Waals surface area contributed by atoms with E-state index >= 15 is 0 Å². The Balaban J connectivity index is 0.00000225. The lowest BCUT2D eigenvalue weighted by Gasteiger charge is -2.42. The molecule has 0 saturated carbocycles. The average Bonchev–Trinajstić information content (AvgIpc) is 3.10. The van der Waals surface area contributed by atoms with Gasteiger partial charge in [0.2, 0.25) is 6.79 Å². The van der Waals surface area contributed by atoms with E-state index in [1.165, 1.54) is 24.2 Å². The molecular weight excluding hydrogens is 338 g/mol. The number of piperidine rings is 1. The van der Waals surface area contributed by atoms with Crippen LogP contribution in [0, 0.1) is 5.41 Å². The molecule has 1 fully saturated rings. The van der Waals surface area contributed by atoms with Gasteiger partial charge < -0.3 is 25.0 Å². The second kappa shape index (κ2) is 7.47. The maximum atomic E-state index is 5.60. The number of nitrogens with zero attached hydrogens (tertiary/aromatic N) is 1. The molecule has 0 radical (unpaired) electrons. The SMILES string of the molecule is CC1C=C(CNCc2cccc3c2OCO3)C=C(N2CCCC(C)(C)C2)N1.[HH]. The van der Waals surface area contributed by atoms with Gasteiger partial charge in [0.25, 0.3) is 0 Å². The maximum Gasteiger partial charge on any atom is 0.231 e. The molecule has 1 aromatic rings. The lowest BCUT2D eigenvalue weighted by molar-refractivity contribution is 0.139. The summed E-state index contributed by atoms with van der Waals surface area (Å²) in [6.07, 6.45) is 7.19. The van der Waals surface area contributed by atoms with Gasteiger partial charge in [-0.3, -0.25) is 0 Å². The molecule has 4 rings (SSSR count). The van der Waals surface area contributed by atoms with Crippen LogP contribution in [0.25, 0.3) is 0 Å². The largest absolute Gasteiger partial charge is 0.454 e. The minimum Gasteiger partial charge on any atom is -0.454 e. The monoisotopic (exact) mass is 371 g/mol. The van der Waals surface area contributed by atoms with Crippen molar-refractivity contribution in [1.29, 1.82) is 0 Å². The Morgan fingerprint density at radius 3 is 3.04 bits per heavy atom. The minimum atomic E-state index is 0. The van der Waals surface area contributed by atoms with Crippen LogP contribution in [0.5, 0.6) is 11.5 Å². The molecule has 5 heteroatoms. The summed E-state index contributed by atoms with van der Waals surface area (Å²) >= 11 is 0. The van der Waals surface area contributed by atoms with Gasteiger partial charge in [-0.05, 0) is 42.9 Å². The fraction of sp³-hybridized carbons (Fsp3) is 0.545. The number of fused-ring (bicyclic) bond motifs is 1. The molecule has 1 unspecified atom stereocenters. The summed E-state index contributed by atoms with van der Waals surface area (Å²) in [4.78, 5) is 2.52. The molecule has 0 bridgehead atoms. The summed E-state index contributed by atoms with van der Waals surface area (Å²) in [5.41, 5.74) is 2.87. The number of nitrogens with one attached hydrogen (secondary N) is 2.